The lowest BCUT2D eigenvalue weighted by molar-refractivity contribution is 0.103. The fraction of sp³-hybridized carbons (Fsp3) is 0.0909. The number of methoxy groups -OCH3 is 2. The van der Waals surface area contributed by atoms with Gasteiger partial charge in [-0.15, -0.1) is 0 Å². The first-order valence-electron chi connectivity index (χ1n) is 16.7. The fourth-order valence-electron chi connectivity index (χ4n) is 5.72. The number of ketones is 2. The number of hydrogen-bond donors (Lipinski definition) is 0. The molecular formula is C44H34O10. The Morgan fingerprint density at radius 2 is 1.02 bits per heavy atom. The molecule has 0 aliphatic rings. The third kappa shape index (κ3) is 7.83. The summed E-state index contributed by atoms with van der Waals surface area (Å²) in [4.78, 5) is 52.0. The van der Waals surface area contributed by atoms with Gasteiger partial charge in [-0.05, 0) is 71.8 Å². The van der Waals surface area contributed by atoms with Gasteiger partial charge in [-0.25, -0.2) is 9.59 Å². The molecule has 0 unspecified atom stereocenters. The molecule has 2 aromatic heterocycles. The lowest BCUT2D eigenvalue weighted by Crippen LogP contribution is -2.11. The first-order chi connectivity index (χ1) is 26.2. The largest absolute Gasteiger partial charge is 0.493 e. The molecule has 0 bridgehead atoms. The van der Waals surface area contributed by atoms with Crippen LogP contribution in [0.4, 0.5) is 0 Å². The summed E-state index contributed by atoms with van der Waals surface area (Å²) in [7, 11) is 2.95. The van der Waals surface area contributed by atoms with E-state index in [0.29, 0.717) is 67.2 Å². The number of ether oxygens (including phenoxy) is 4. The quantitative estimate of drug-likeness (QED) is 0.0440. The highest BCUT2D eigenvalue weighted by molar-refractivity contribution is 6.08. The SMILES string of the molecule is C=CCOc1c(OC)cc(/C=C/C(=O)c2cc3ccccc3oc2=O)cc1-c1cc(/C=C/C(=O)c2cc3ccccc3oc2=O)cc(OC)c1OCC=C. The lowest BCUT2D eigenvalue weighted by Gasteiger charge is -2.20. The molecule has 0 amide bonds. The van der Waals surface area contributed by atoms with Crippen LogP contribution in [-0.4, -0.2) is 39.0 Å². The molecule has 270 valence electrons. The van der Waals surface area contributed by atoms with Crippen LogP contribution in [0, 0.1) is 0 Å². The van der Waals surface area contributed by atoms with Gasteiger partial charge in [0, 0.05) is 21.9 Å². The van der Waals surface area contributed by atoms with Crippen LogP contribution in [0.2, 0.25) is 0 Å². The van der Waals surface area contributed by atoms with Crippen molar-refractivity contribution in [3.63, 3.8) is 0 Å². The van der Waals surface area contributed by atoms with Gasteiger partial charge in [0.1, 0.15) is 35.5 Å². The maximum absolute atomic E-state index is 13.3. The highest BCUT2D eigenvalue weighted by Crippen LogP contribution is 2.47. The predicted molar refractivity (Wildman–Crippen MR) is 208 cm³/mol. The number of allylic oxidation sites excluding steroid dienone is 2. The molecule has 0 aliphatic heterocycles. The van der Waals surface area contributed by atoms with Crippen LogP contribution in [0.15, 0.2) is 141 Å². The maximum atomic E-state index is 13.3. The highest BCUT2D eigenvalue weighted by Gasteiger charge is 2.22. The van der Waals surface area contributed by atoms with Crippen LogP contribution >= 0.6 is 0 Å². The van der Waals surface area contributed by atoms with Gasteiger partial charge in [-0.3, -0.25) is 9.59 Å². The van der Waals surface area contributed by atoms with Crippen LogP contribution in [0.1, 0.15) is 31.8 Å². The van der Waals surface area contributed by atoms with Gasteiger partial charge >= 0.3 is 11.3 Å². The van der Waals surface area contributed by atoms with E-state index in [9.17, 15) is 19.2 Å². The van der Waals surface area contributed by atoms with Crippen molar-refractivity contribution in [1.29, 1.82) is 0 Å². The summed E-state index contributed by atoms with van der Waals surface area (Å²) < 4.78 is 34.5. The molecule has 10 heteroatoms. The number of fused-ring (bicyclic) bond motifs is 2. The Bertz CT molecular complexity index is 2420. The fourth-order valence-corrected chi connectivity index (χ4v) is 5.72. The second-order valence-corrected chi connectivity index (χ2v) is 11.8. The lowest BCUT2D eigenvalue weighted by atomic mass is 9.96. The summed E-state index contributed by atoms with van der Waals surface area (Å²) in [5.74, 6) is 0.172. The van der Waals surface area contributed by atoms with Gasteiger partial charge in [-0.1, -0.05) is 73.9 Å². The molecule has 0 aliphatic carbocycles. The summed E-state index contributed by atoms with van der Waals surface area (Å²) in [6.07, 6.45) is 8.78. The average molecular weight is 723 g/mol. The van der Waals surface area contributed by atoms with E-state index in [1.807, 2.05) is 0 Å². The van der Waals surface area contributed by atoms with Crippen molar-refractivity contribution in [2.45, 2.75) is 0 Å². The third-order valence-electron chi connectivity index (χ3n) is 8.24. The zero-order valence-electron chi connectivity index (χ0n) is 29.5. The monoisotopic (exact) mass is 722 g/mol. The molecule has 0 saturated heterocycles. The molecule has 0 fully saturated rings. The summed E-state index contributed by atoms with van der Waals surface area (Å²) >= 11 is 0. The van der Waals surface area contributed by atoms with Crippen LogP contribution in [-0.2, 0) is 0 Å². The topological polar surface area (TPSA) is 131 Å². The molecule has 2 heterocycles. The van der Waals surface area contributed by atoms with Crippen molar-refractivity contribution >= 4 is 45.7 Å². The first-order valence-corrected chi connectivity index (χ1v) is 16.7. The molecule has 6 aromatic rings. The number of para-hydroxylation sites is 2. The molecule has 6 rings (SSSR count). The van der Waals surface area contributed by atoms with Gasteiger partial charge in [-0.2, -0.15) is 0 Å². The minimum Gasteiger partial charge on any atom is -0.493 e. The normalized spacial score (nSPS) is 11.2. The Balaban J connectivity index is 1.46. The van der Waals surface area contributed by atoms with E-state index < -0.39 is 22.8 Å². The number of carbonyl (C=O) groups excluding carboxylic acids is 2. The van der Waals surface area contributed by atoms with E-state index >= 15 is 0 Å². The Morgan fingerprint density at radius 3 is 1.41 bits per heavy atom. The highest BCUT2D eigenvalue weighted by atomic mass is 16.5. The number of benzene rings is 4. The number of hydrogen-bond acceptors (Lipinski definition) is 10. The van der Waals surface area contributed by atoms with Crippen molar-refractivity contribution in [1.82, 2.24) is 0 Å². The van der Waals surface area contributed by atoms with E-state index in [-0.39, 0.29) is 24.3 Å². The second-order valence-electron chi connectivity index (χ2n) is 11.8. The van der Waals surface area contributed by atoms with E-state index in [1.165, 1.54) is 38.5 Å². The molecule has 0 N–H and O–H groups in total. The van der Waals surface area contributed by atoms with Crippen LogP contribution in [0.3, 0.4) is 0 Å². The zero-order chi connectivity index (χ0) is 38.2. The Morgan fingerprint density at radius 1 is 0.611 bits per heavy atom. The van der Waals surface area contributed by atoms with Crippen LogP contribution in [0.5, 0.6) is 23.0 Å². The minimum atomic E-state index is -0.754. The zero-order valence-corrected chi connectivity index (χ0v) is 29.5. The van der Waals surface area contributed by atoms with E-state index in [4.69, 9.17) is 27.8 Å². The summed E-state index contributed by atoms with van der Waals surface area (Å²) in [6.45, 7) is 7.78. The van der Waals surface area contributed by atoms with Gasteiger partial charge in [0.15, 0.2) is 34.6 Å². The van der Waals surface area contributed by atoms with Gasteiger partial charge < -0.3 is 27.8 Å². The van der Waals surface area contributed by atoms with E-state index in [1.54, 1.807) is 97.1 Å². The van der Waals surface area contributed by atoms with E-state index in [0.717, 1.165) is 0 Å². The van der Waals surface area contributed by atoms with Crippen molar-refractivity contribution in [2.24, 2.45) is 0 Å². The molecule has 0 atom stereocenters. The molecule has 4 aromatic carbocycles. The second kappa shape index (κ2) is 16.4. The molecule has 0 saturated carbocycles. The number of rotatable bonds is 15. The average Bonchev–Trinajstić information content (AvgIpc) is 3.19. The van der Waals surface area contributed by atoms with Crippen molar-refractivity contribution < 1.29 is 37.4 Å². The van der Waals surface area contributed by atoms with Crippen LogP contribution in [0.25, 0.3) is 45.2 Å². The van der Waals surface area contributed by atoms with E-state index in [2.05, 4.69) is 13.2 Å². The molecule has 54 heavy (non-hydrogen) atoms. The predicted octanol–water partition coefficient (Wildman–Crippen LogP) is 8.51. The van der Waals surface area contributed by atoms with Gasteiger partial charge in [0.05, 0.1) is 14.2 Å². The third-order valence-corrected chi connectivity index (χ3v) is 8.24. The minimum absolute atomic E-state index is 0.122. The number of carbonyl (C=O) groups is 2. The molecule has 0 spiro atoms. The Hall–Kier alpha value is -7.20. The standard InChI is InChI=1S/C44H34O10/c1-5-19-51-41-31(21-27(23-39(41)49-3)15-17-35(45)33-25-29-11-7-9-13-37(29)53-43(33)47)32-22-28(24-40(50-4)42(32)52-20-6-2)16-18-36(46)34-26-30-12-8-10-14-38(30)54-44(34)48/h5-18,21-26H,1-2,19-20H2,3-4H3/b17-15+,18-16+. The van der Waals surface area contributed by atoms with Gasteiger partial charge in [0.2, 0.25) is 0 Å². The molecular weight excluding hydrogens is 688 g/mol. The summed E-state index contributed by atoms with van der Waals surface area (Å²) in [5, 5.41) is 1.22. The van der Waals surface area contributed by atoms with Crippen LogP contribution < -0.4 is 30.2 Å². The molecule has 0 radical (unpaired) electrons. The smallest absolute Gasteiger partial charge is 0.347 e. The maximum Gasteiger partial charge on any atom is 0.347 e. The van der Waals surface area contributed by atoms with Crippen molar-refractivity contribution in [3.05, 3.63) is 165 Å². The summed E-state index contributed by atoms with van der Waals surface area (Å²) in [6, 6.07) is 23.7. The Labute approximate surface area is 309 Å². The Kier molecular flexibility index (Phi) is 11.1. The molecule has 10 nitrogen and oxygen atoms in total. The van der Waals surface area contributed by atoms with Crippen molar-refractivity contribution in [2.75, 3.05) is 27.4 Å². The van der Waals surface area contributed by atoms with Crippen molar-refractivity contribution in [3.8, 4) is 34.1 Å². The van der Waals surface area contributed by atoms with Gasteiger partial charge in [0.25, 0.3) is 0 Å². The first kappa shape index (κ1) is 36.6. The summed E-state index contributed by atoms with van der Waals surface area (Å²) in [5.41, 5.74) is 0.971.